The number of nitrogens with zero attached hydrogens (tertiary/aromatic N) is 1. The molecule has 0 unspecified atom stereocenters. The quantitative estimate of drug-likeness (QED) is 0.875. The number of hydrogen-bond acceptors (Lipinski definition) is 3. The number of hydrogen-bond donors (Lipinski definition) is 1. The van der Waals surface area contributed by atoms with Gasteiger partial charge in [0.15, 0.2) is 0 Å². The highest BCUT2D eigenvalue weighted by atomic mass is 32.2. The van der Waals surface area contributed by atoms with Gasteiger partial charge in [-0.25, -0.2) is 8.42 Å². The summed E-state index contributed by atoms with van der Waals surface area (Å²) in [5.74, 6) is 0.0842. The molecule has 1 aromatic carbocycles. The van der Waals surface area contributed by atoms with Crippen LogP contribution in [0.3, 0.4) is 0 Å². The lowest BCUT2D eigenvalue weighted by Crippen LogP contribution is -2.33. The van der Waals surface area contributed by atoms with E-state index in [0.29, 0.717) is 18.0 Å². The number of nitrogens with one attached hydrogen (secondary N) is 1. The predicted molar refractivity (Wildman–Crippen MR) is 83.7 cm³/mol. The summed E-state index contributed by atoms with van der Waals surface area (Å²) < 4.78 is 26.1. The summed E-state index contributed by atoms with van der Waals surface area (Å²) in [6.07, 6.45) is 0. The Morgan fingerprint density at radius 2 is 1.86 bits per heavy atom. The van der Waals surface area contributed by atoms with E-state index in [0.717, 1.165) is 0 Å². The van der Waals surface area contributed by atoms with Crippen molar-refractivity contribution in [3.63, 3.8) is 0 Å². The molecular weight excluding hydrogens is 288 g/mol. The second-order valence-corrected chi connectivity index (χ2v) is 7.74. The SMILES string of the molecule is CC(C)CNC(=O)c1cccc(S(=O)(=O)N(C)C(C)C)c1. The van der Waals surface area contributed by atoms with Crippen molar-refractivity contribution in [2.45, 2.75) is 38.6 Å². The van der Waals surface area contributed by atoms with E-state index >= 15 is 0 Å². The molecule has 118 valence electrons. The molecular formula is C15H24N2O3S. The van der Waals surface area contributed by atoms with Gasteiger partial charge in [0, 0.05) is 25.2 Å². The normalized spacial score (nSPS) is 12.2. The lowest BCUT2D eigenvalue weighted by Gasteiger charge is -2.21. The number of benzene rings is 1. The van der Waals surface area contributed by atoms with Crippen LogP contribution in [0.15, 0.2) is 29.2 Å². The zero-order valence-corrected chi connectivity index (χ0v) is 14.1. The Hall–Kier alpha value is -1.40. The highest BCUT2D eigenvalue weighted by Gasteiger charge is 2.23. The summed E-state index contributed by atoms with van der Waals surface area (Å²) in [6.45, 7) is 8.16. The van der Waals surface area contributed by atoms with Crippen LogP contribution in [0, 0.1) is 5.92 Å². The zero-order chi connectivity index (χ0) is 16.2. The van der Waals surface area contributed by atoms with E-state index in [4.69, 9.17) is 0 Å². The molecule has 5 nitrogen and oxygen atoms in total. The van der Waals surface area contributed by atoms with Crippen LogP contribution in [0.2, 0.25) is 0 Å². The summed E-state index contributed by atoms with van der Waals surface area (Å²) in [5, 5.41) is 2.78. The van der Waals surface area contributed by atoms with E-state index in [2.05, 4.69) is 5.32 Å². The second-order valence-electron chi connectivity index (χ2n) is 5.75. The fourth-order valence-electron chi connectivity index (χ4n) is 1.64. The van der Waals surface area contributed by atoms with Crippen molar-refractivity contribution in [1.82, 2.24) is 9.62 Å². The van der Waals surface area contributed by atoms with Gasteiger partial charge in [-0.2, -0.15) is 4.31 Å². The zero-order valence-electron chi connectivity index (χ0n) is 13.3. The van der Waals surface area contributed by atoms with Crippen LogP contribution in [0.25, 0.3) is 0 Å². The highest BCUT2D eigenvalue weighted by molar-refractivity contribution is 7.89. The van der Waals surface area contributed by atoms with Gasteiger partial charge in [0.25, 0.3) is 5.91 Å². The maximum absolute atomic E-state index is 12.4. The van der Waals surface area contributed by atoms with Crippen molar-refractivity contribution in [1.29, 1.82) is 0 Å². The first-order valence-electron chi connectivity index (χ1n) is 7.02. The van der Waals surface area contributed by atoms with Gasteiger partial charge in [-0.1, -0.05) is 19.9 Å². The highest BCUT2D eigenvalue weighted by Crippen LogP contribution is 2.17. The smallest absolute Gasteiger partial charge is 0.251 e. The van der Waals surface area contributed by atoms with E-state index in [9.17, 15) is 13.2 Å². The third-order valence-electron chi connectivity index (χ3n) is 3.17. The fraction of sp³-hybridized carbons (Fsp3) is 0.533. The molecule has 21 heavy (non-hydrogen) atoms. The Bertz CT molecular complexity index is 595. The molecule has 1 rings (SSSR count). The standard InChI is InChI=1S/C15H24N2O3S/c1-11(2)10-16-15(18)13-7-6-8-14(9-13)21(19,20)17(5)12(3)4/h6-9,11-12H,10H2,1-5H3,(H,16,18). The summed E-state index contributed by atoms with van der Waals surface area (Å²) in [7, 11) is -2.04. The topological polar surface area (TPSA) is 66.5 Å². The van der Waals surface area contributed by atoms with Gasteiger partial charge >= 0.3 is 0 Å². The molecule has 1 amide bonds. The summed E-state index contributed by atoms with van der Waals surface area (Å²) in [6, 6.07) is 5.99. The molecule has 0 heterocycles. The summed E-state index contributed by atoms with van der Waals surface area (Å²) in [5.41, 5.74) is 0.355. The van der Waals surface area contributed by atoms with Crippen molar-refractivity contribution in [2.75, 3.05) is 13.6 Å². The van der Waals surface area contributed by atoms with Crippen molar-refractivity contribution in [2.24, 2.45) is 5.92 Å². The van der Waals surface area contributed by atoms with Gasteiger partial charge in [0.1, 0.15) is 0 Å². The number of sulfonamides is 1. The molecule has 0 fully saturated rings. The molecule has 0 spiro atoms. The van der Waals surface area contributed by atoms with Crippen molar-refractivity contribution in [3.8, 4) is 0 Å². The largest absolute Gasteiger partial charge is 0.352 e. The summed E-state index contributed by atoms with van der Waals surface area (Å²) >= 11 is 0. The van der Waals surface area contributed by atoms with Gasteiger partial charge in [0.05, 0.1) is 4.90 Å². The van der Waals surface area contributed by atoms with Crippen LogP contribution in [-0.2, 0) is 10.0 Å². The van der Waals surface area contributed by atoms with Crippen LogP contribution in [0.1, 0.15) is 38.1 Å². The van der Waals surface area contributed by atoms with Crippen LogP contribution in [-0.4, -0.2) is 38.3 Å². The monoisotopic (exact) mass is 312 g/mol. The van der Waals surface area contributed by atoms with Gasteiger partial charge in [0.2, 0.25) is 10.0 Å². The van der Waals surface area contributed by atoms with E-state index in [-0.39, 0.29) is 16.8 Å². The minimum Gasteiger partial charge on any atom is -0.352 e. The number of carbonyl (C=O) groups excluding carboxylic acids is 1. The van der Waals surface area contributed by atoms with Crippen LogP contribution < -0.4 is 5.32 Å². The number of amides is 1. The lowest BCUT2D eigenvalue weighted by molar-refractivity contribution is 0.0949. The fourth-order valence-corrected chi connectivity index (χ4v) is 3.05. The first-order chi connectivity index (χ1) is 9.66. The van der Waals surface area contributed by atoms with E-state index in [1.54, 1.807) is 26.0 Å². The van der Waals surface area contributed by atoms with Crippen molar-refractivity contribution >= 4 is 15.9 Å². The molecule has 0 atom stereocenters. The lowest BCUT2D eigenvalue weighted by atomic mass is 10.2. The molecule has 0 saturated heterocycles. The van der Waals surface area contributed by atoms with E-state index < -0.39 is 10.0 Å². The second kappa shape index (κ2) is 7.04. The molecule has 6 heteroatoms. The average molecular weight is 312 g/mol. The maximum Gasteiger partial charge on any atom is 0.251 e. The Kier molecular flexibility index (Phi) is 5.92. The third-order valence-corrected chi connectivity index (χ3v) is 5.20. The van der Waals surface area contributed by atoms with Crippen LogP contribution in [0.5, 0.6) is 0 Å². The molecule has 0 aliphatic carbocycles. The molecule has 0 aromatic heterocycles. The molecule has 0 aliphatic heterocycles. The average Bonchev–Trinajstić information content (AvgIpc) is 2.43. The third kappa shape index (κ3) is 4.54. The Morgan fingerprint density at radius 3 is 2.38 bits per heavy atom. The van der Waals surface area contributed by atoms with Crippen molar-refractivity contribution < 1.29 is 13.2 Å². The van der Waals surface area contributed by atoms with E-state index in [1.807, 2.05) is 13.8 Å². The Balaban J connectivity index is 3.03. The first kappa shape index (κ1) is 17.7. The predicted octanol–water partition coefficient (Wildman–Crippen LogP) is 2.10. The van der Waals surface area contributed by atoms with Gasteiger partial charge in [-0.3, -0.25) is 4.79 Å². The Morgan fingerprint density at radius 1 is 1.24 bits per heavy atom. The molecule has 0 aliphatic rings. The first-order valence-corrected chi connectivity index (χ1v) is 8.46. The maximum atomic E-state index is 12.4. The molecule has 1 N–H and O–H groups in total. The summed E-state index contributed by atoms with van der Waals surface area (Å²) in [4.78, 5) is 12.1. The van der Waals surface area contributed by atoms with E-state index in [1.165, 1.54) is 23.5 Å². The van der Waals surface area contributed by atoms with Gasteiger partial charge in [-0.15, -0.1) is 0 Å². The molecule has 0 radical (unpaired) electrons. The minimum atomic E-state index is -3.57. The van der Waals surface area contributed by atoms with Crippen LogP contribution in [0.4, 0.5) is 0 Å². The van der Waals surface area contributed by atoms with Crippen molar-refractivity contribution in [3.05, 3.63) is 29.8 Å². The molecule has 0 saturated carbocycles. The molecule has 0 bridgehead atoms. The Labute approximate surface area is 127 Å². The van der Waals surface area contributed by atoms with Gasteiger partial charge in [-0.05, 0) is 38.0 Å². The number of carbonyl (C=O) groups is 1. The number of rotatable bonds is 6. The molecule has 1 aromatic rings. The van der Waals surface area contributed by atoms with Crippen LogP contribution >= 0.6 is 0 Å². The minimum absolute atomic E-state index is 0.135. The van der Waals surface area contributed by atoms with Gasteiger partial charge < -0.3 is 5.32 Å².